The van der Waals surface area contributed by atoms with E-state index in [0.717, 1.165) is 16.7 Å². The fourth-order valence-corrected chi connectivity index (χ4v) is 4.86. The Morgan fingerprint density at radius 3 is 2.48 bits per heavy atom. The van der Waals surface area contributed by atoms with Gasteiger partial charge >= 0.3 is 5.54 Å². The smallest absolute Gasteiger partial charge is 0.312 e. The van der Waals surface area contributed by atoms with Crippen LogP contribution < -0.4 is 10.5 Å². The highest BCUT2D eigenvalue weighted by molar-refractivity contribution is 5.61. The molecule has 4 rings (SSSR count). The largest absolute Gasteiger partial charge is 0.477 e. The van der Waals surface area contributed by atoms with Crippen molar-refractivity contribution in [1.82, 2.24) is 0 Å². The molecular weight excluding hydrogens is 366 g/mol. The quantitative estimate of drug-likeness (QED) is 0.621. The Morgan fingerprint density at radius 1 is 1.21 bits per heavy atom. The third kappa shape index (κ3) is 2.40. The van der Waals surface area contributed by atoms with Crippen LogP contribution in [-0.4, -0.2) is 10.5 Å². The molecule has 0 saturated heterocycles. The van der Waals surface area contributed by atoms with Crippen molar-refractivity contribution in [2.45, 2.75) is 37.8 Å². The molecule has 1 aliphatic carbocycles. The highest BCUT2D eigenvalue weighted by Gasteiger charge is 2.67. The molecule has 0 spiro atoms. The van der Waals surface area contributed by atoms with Crippen molar-refractivity contribution in [3.05, 3.63) is 98.3 Å². The molecule has 6 nitrogen and oxygen atoms in total. The summed E-state index contributed by atoms with van der Waals surface area (Å²) in [5.41, 5.74) is 7.81. The summed E-state index contributed by atoms with van der Waals surface area (Å²) in [7, 11) is 0. The number of hydrogen-bond acceptors (Lipinski definition) is 5. The van der Waals surface area contributed by atoms with Crippen LogP contribution in [0.15, 0.2) is 77.0 Å². The summed E-state index contributed by atoms with van der Waals surface area (Å²) in [6.45, 7) is 3.80. The van der Waals surface area contributed by atoms with E-state index in [1.807, 2.05) is 56.3 Å². The molecule has 3 atom stereocenters. The molecule has 6 heteroatoms. The van der Waals surface area contributed by atoms with Crippen LogP contribution >= 0.6 is 0 Å². The number of ether oxygens (including phenoxy) is 1. The van der Waals surface area contributed by atoms with E-state index in [2.05, 4.69) is 6.07 Å². The van der Waals surface area contributed by atoms with Crippen molar-refractivity contribution in [1.29, 1.82) is 5.26 Å². The van der Waals surface area contributed by atoms with Crippen LogP contribution in [-0.2, 0) is 0 Å². The fourth-order valence-electron chi connectivity index (χ4n) is 4.86. The summed E-state index contributed by atoms with van der Waals surface area (Å²) < 4.78 is 6.24. The molecule has 2 aromatic carbocycles. The second-order valence-electron chi connectivity index (χ2n) is 7.38. The highest BCUT2D eigenvalue weighted by Crippen LogP contribution is 2.58. The molecule has 146 valence electrons. The summed E-state index contributed by atoms with van der Waals surface area (Å²) in [4.78, 5) is 12.4. The van der Waals surface area contributed by atoms with E-state index in [9.17, 15) is 15.4 Å². The molecule has 2 aliphatic rings. The van der Waals surface area contributed by atoms with Gasteiger partial charge in [0.05, 0.1) is 11.5 Å². The van der Waals surface area contributed by atoms with Gasteiger partial charge in [0, 0.05) is 16.1 Å². The molecule has 2 N–H and O–H groups in total. The van der Waals surface area contributed by atoms with Crippen LogP contribution in [0.3, 0.4) is 0 Å². The summed E-state index contributed by atoms with van der Waals surface area (Å²) in [6.07, 6.45) is -0.394. The first-order valence-electron chi connectivity index (χ1n) is 9.53. The topological polar surface area (TPSA) is 102 Å². The number of benzene rings is 2. The first-order chi connectivity index (χ1) is 14.0. The maximum Gasteiger partial charge on any atom is 0.312 e. The number of nitrogens with zero attached hydrogens (tertiary/aromatic N) is 2. The van der Waals surface area contributed by atoms with E-state index in [-0.39, 0.29) is 16.2 Å². The van der Waals surface area contributed by atoms with Crippen LogP contribution in [0, 0.1) is 21.4 Å². The van der Waals surface area contributed by atoms with Crippen molar-refractivity contribution in [3.8, 4) is 11.8 Å². The lowest BCUT2D eigenvalue weighted by atomic mass is 9.62. The van der Waals surface area contributed by atoms with Crippen molar-refractivity contribution < 1.29 is 9.66 Å². The predicted molar refractivity (Wildman–Crippen MR) is 109 cm³/mol. The SMILES string of the molecule is CCC1=C(C)[C@@H]2c3ccccc3O[C@@H](c3ccccc3)[C@]2([N+](=O)[O-])C(N)=C1C#N. The van der Waals surface area contributed by atoms with E-state index in [0.29, 0.717) is 17.7 Å². The standard InChI is InChI=1S/C23H21N3O3/c1-3-16-14(2)20-17-11-7-8-12-19(17)29-22(15-9-5-4-6-10-15)23(20,26(27)28)21(25)18(16)13-24/h4-12,20,22H,3,25H2,1-2H3/t20-,22+,23-/m1/s1. The molecular formula is C23H21N3O3. The molecule has 29 heavy (non-hydrogen) atoms. The molecule has 0 amide bonds. The number of hydrogen-bond donors (Lipinski definition) is 1. The first kappa shape index (κ1) is 18.8. The molecule has 1 aliphatic heterocycles. The summed E-state index contributed by atoms with van der Waals surface area (Å²) in [5.74, 6) is -0.0217. The Kier molecular flexibility index (Phi) is 4.39. The van der Waals surface area contributed by atoms with Gasteiger partial charge in [0.15, 0.2) is 0 Å². The Morgan fingerprint density at radius 2 is 1.86 bits per heavy atom. The molecule has 0 bridgehead atoms. The van der Waals surface area contributed by atoms with Gasteiger partial charge in [0.25, 0.3) is 0 Å². The van der Waals surface area contributed by atoms with Crippen LogP contribution in [0.25, 0.3) is 0 Å². The number of nitriles is 1. The van der Waals surface area contributed by atoms with E-state index in [4.69, 9.17) is 10.5 Å². The monoisotopic (exact) mass is 387 g/mol. The Balaban J connectivity index is 2.14. The number of para-hydroxylation sites is 1. The number of nitrogens with two attached hydrogens (primary N) is 1. The van der Waals surface area contributed by atoms with Crippen molar-refractivity contribution >= 4 is 0 Å². The number of rotatable bonds is 3. The van der Waals surface area contributed by atoms with Crippen LogP contribution in [0.1, 0.15) is 43.4 Å². The number of allylic oxidation sites excluding steroid dienone is 2. The molecule has 1 heterocycles. The Bertz CT molecular complexity index is 1100. The summed E-state index contributed by atoms with van der Waals surface area (Å²) >= 11 is 0. The van der Waals surface area contributed by atoms with Gasteiger partial charge in [-0.05, 0) is 25.0 Å². The van der Waals surface area contributed by atoms with Crippen molar-refractivity contribution in [2.75, 3.05) is 0 Å². The molecule has 0 unspecified atom stereocenters. The predicted octanol–water partition coefficient (Wildman–Crippen LogP) is 4.40. The number of nitro groups is 1. The van der Waals surface area contributed by atoms with Gasteiger partial charge in [-0.2, -0.15) is 5.26 Å². The second-order valence-corrected chi connectivity index (χ2v) is 7.38. The van der Waals surface area contributed by atoms with Gasteiger partial charge in [-0.25, -0.2) is 0 Å². The van der Waals surface area contributed by atoms with E-state index >= 15 is 0 Å². The third-order valence-electron chi connectivity index (χ3n) is 6.10. The van der Waals surface area contributed by atoms with Crippen LogP contribution in [0.2, 0.25) is 0 Å². The minimum atomic E-state index is -1.80. The molecule has 0 aromatic heterocycles. The summed E-state index contributed by atoms with van der Waals surface area (Å²) in [5, 5.41) is 22.6. The van der Waals surface area contributed by atoms with E-state index in [1.54, 1.807) is 12.1 Å². The van der Waals surface area contributed by atoms with Gasteiger partial charge in [-0.15, -0.1) is 0 Å². The van der Waals surface area contributed by atoms with Gasteiger partial charge in [-0.3, -0.25) is 10.1 Å². The maximum atomic E-state index is 12.8. The molecule has 0 fully saturated rings. The maximum absolute atomic E-state index is 12.8. The van der Waals surface area contributed by atoms with Crippen LogP contribution in [0.4, 0.5) is 0 Å². The fraction of sp³-hybridized carbons (Fsp3) is 0.261. The third-order valence-corrected chi connectivity index (χ3v) is 6.10. The van der Waals surface area contributed by atoms with E-state index in [1.165, 1.54) is 0 Å². The molecule has 0 saturated carbocycles. The zero-order chi connectivity index (χ0) is 20.8. The van der Waals surface area contributed by atoms with Crippen molar-refractivity contribution in [3.63, 3.8) is 0 Å². The zero-order valence-electron chi connectivity index (χ0n) is 16.3. The minimum absolute atomic E-state index is 0.0270. The van der Waals surface area contributed by atoms with E-state index < -0.39 is 17.6 Å². The normalized spacial score (nSPS) is 25.6. The van der Waals surface area contributed by atoms with Gasteiger partial charge < -0.3 is 10.5 Å². The Hall–Kier alpha value is -3.59. The van der Waals surface area contributed by atoms with Crippen LogP contribution in [0.5, 0.6) is 5.75 Å². The average Bonchev–Trinajstić information content (AvgIpc) is 2.74. The lowest BCUT2D eigenvalue weighted by Gasteiger charge is -2.46. The van der Waals surface area contributed by atoms with Gasteiger partial charge in [0.2, 0.25) is 6.10 Å². The Labute approximate surface area is 169 Å². The average molecular weight is 387 g/mol. The molecule has 2 aromatic rings. The summed E-state index contributed by atoms with van der Waals surface area (Å²) in [6, 6.07) is 18.6. The van der Waals surface area contributed by atoms with Gasteiger partial charge in [0.1, 0.15) is 17.5 Å². The minimum Gasteiger partial charge on any atom is -0.477 e. The van der Waals surface area contributed by atoms with Crippen molar-refractivity contribution in [2.24, 2.45) is 5.73 Å². The highest BCUT2D eigenvalue weighted by atomic mass is 16.6. The first-order valence-corrected chi connectivity index (χ1v) is 9.53. The lowest BCUT2D eigenvalue weighted by molar-refractivity contribution is -0.577. The lowest BCUT2D eigenvalue weighted by Crippen LogP contribution is -2.59. The zero-order valence-corrected chi connectivity index (χ0v) is 16.3. The van der Waals surface area contributed by atoms with Gasteiger partial charge in [-0.1, -0.05) is 61.0 Å². The second kappa shape index (κ2) is 6.78. The number of fused-ring (bicyclic) bond motifs is 3. The molecule has 0 radical (unpaired) electrons.